The van der Waals surface area contributed by atoms with E-state index in [9.17, 15) is 22.8 Å². The Morgan fingerprint density at radius 1 is 0.913 bits per heavy atom. The molecule has 0 amide bonds. The molecule has 5 heterocycles. The molecule has 0 aromatic heterocycles. The van der Waals surface area contributed by atoms with Gasteiger partial charge >= 0.3 is 17.9 Å². The van der Waals surface area contributed by atoms with Gasteiger partial charge in [-0.1, -0.05) is 26.0 Å². The number of rotatable bonds is 13. The van der Waals surface area contributed by atoms with Gasteiger partial charge in [-0.2, -0.15) is 8.42 Å². The number of hydrogen-bond acceptors (Lipinski definition) is 19. The van der Waals surface area contributed by atoms with E-state index >= 15 is 4.79 Å². The standard InChI is InChI=1S/C48H72INO17S2/c1-24-19-33(50(10)11)38(67-69(14,55)56)44(60-24)64-40-26(3)37(63-34-21-46(7,58-13)41(28(5)61-34)62-29(6)51)27(4)42(53)65-45(49)48(9)35(25(2)36(52)31-20-47(40,8)59-22-31)39(43(54)66-48)68-23-30-15-17-32(57-12)18-16-30/h15-18,24-28,31,33-35,37-41,44-45H,19-23H2,1-14H3/t24-,25-,26+,27-,28+,31+,33+,34+,35+,37+,38-,39?,40-,41+,44+,45+,46-,47-,48+/m1/s1. The Kier molecular flexibility index (Phi) is 18.0. The van der Waals surface area contributed by atoms with Gasteiger partial charge in [0.2, 0.25) is 0 Å². The molecule has 5 saturated heterocycles. The third kappa shape index (κ3) is 12.3. The molecule has 0 N–H and O–H groups in total. The number of ether oxygens (including phenoxy) is 10. The summed E-state index contributed by atoms with van der Waals surface area (Å²) < 4.78 is 93.7. The lowest BCUT2D eigenvalue weighted by Crippen LogP contribution is -2.61. The lowest BCUT2D eigenvalue weighted by molar-refractivity contribution is -0.316. The van der Waals surface area contributed by atoms with E-state index in [-0.39, 0.29) is 25.2 Å². The third-order valence-corrected chi connectivity index (χ3v) is 18.2. The average molecular weight is 1130 g/mol. The minimum atomic E-state index is -4.05. The van der Waals surface area contributed by atoms with Gasteiger partial charge in [0, 0.05) is 55.9 Å². The number of hydrogen-bond donors (Lipinski definition) is 0. The fourth-order valence-electron chi connectivity index (χ4n) is 11.1. The van der Waals surface area contributed by atoms with Crippen molar-refractivity contribution in [1.29, 1.82) is 0 Å². The molecule has 5 aliphatic heterocycles. The summed E-state index contributed by atoms with van der Waals surface area (Å²) in [4.78, 5) is 58.2. The molecule has 19 atom stereocenters. The molecule has 0 spiro atoms. The lowest BCUT2D eigenvalue weighted by Gasteiger charge is -2.49. The molecule has 21 heteroatoms. The van der Waals surface area contributed by atoms with E-state index in [0.29, 0.717) is 17.9 Å². The molecule has 1 aromatic carbocycles. The number of cyclic esters (lactones) is 1. The first-order chi connectivity index (χ1) is 32.1. The van der Waals surface area contributed by atoms with Crippen LogP contribution < -0.4 is 4.74 Å². The topological polar surface area (TPSA) is 207 Å². The summed E-state index contributed by atoms with van der Waals surface area (Å²) in [6.45, 7) is 15.5. The highest BCUT2D eigenvalue weighted by Gasteiger charge is 2.63. The summed E-state index contributed by atoms with van der Waals surface area (Å²) >= 11 is 3.34. The molecule has 6 rings (SSSR count). The highest BCUT2D eigenvalue weighted by atomic mass is 127. The first-order valence-electron chi connectivity index (χ1n) is 23.5. The molecular formula is C48H72INO17S2. The van der Waals surface area contributed by atoms with Crippen LogP contribution in [0.2, 0.25) is 0 Å². The van der Waals surface area contributed by atoms with Crippen LogP contribution in [0.4, 0.5) is 0 Å². The zero-order chi connectivity index (χ0) is 51.1. The number of carbonyl (C=O) groups excluding carboxylic acids is 4. The second-order valence-corrected chi connectivity index (χ2v) is 24.2. The van der Waals surface area contributed by atoms with Gasteiger partial charge in [0.05, 0.1) is 55.9 Å². The Hall–Kier alpha value is -2.19. The molecule has 1 unspecified atom stereocenters. The van der Waals surface area contributed by atoms with Gasteiger partial charge < -0.3 is 52.3 Å². The number of Topliss-reactive ketones (excluding diaryl/α,β-unsaturated/α-hetero) is 1. The molecule has 18 nitrogen and oxygen atoms in total. The number of thioether (sulfide) groups is 1. The molecular weight excluding hydrogens is 1050 g/mol. The van der Waals surface area contributed by atoms with Crippen LogP contribution in [0.1, 0.15) is 87.1 Å². The van der Waals surface area contributed by atoms with Crippen molar-refractivity contribution in [2.45, 2.75) is 169 Å². The number of nitrogens with zero attached hydrogens (tertiary/aromatic N) is 1. The smallest absolute Gasteiger partial charge is 0.320 e. The van der Waals surface area contributed by atoms with Crippen LogP contribution in [0, 0.1) is 29.6 Å². The van der Waals surface area contributed by atoms with Crippen molar-refractivity contribution >= 4 is 68.2 Å². The van der Waals surface area contributed by atoms with Crippen LogP contribution in [0.3, 0.4) is 0 Å². The van der Waals surface area contributed by atoms with Crippen molar-refractivity contribution < 1.29 is 79.1 Å². The minimum absolute atomic E-state index is 0.00316. The Balaban J connectivity index is 1.44. The number of fused-ring (bicyclic) bond motifs is 3. The summed E-state index contributed by atoms with van der Waals surface area (Å²) in [6, 6.07) is 7.03. The van der Waals surface area contributed by atoms with E-state index < -0.39 is 139 Å². The highest BCUT2D eigenvalue weighted by Crippen LogP contribution is 2.51. The maximum absolute atomic E-state index is 15.1. The maximum Gasteiger partial charge on any atom is 0.320 e. The van der Waals surface area contributed by atoms with Crippen LogP contribution in [0.25, 0.3) is 0 Å². The van der Waals surface area contributed by atoms with Gasteiger partial charge in [0.1, 0.15) is 28.5 Å². The SMILES string of the molecule is COc1ccc(CSC2C(=O)O[C@@]3(C)[C@H]2[C@@H](C)C(=O)[C@@H]2CO[C@](C)(C2)[C@H](O[C@@H]2O[C@H](C)C[C@H](N(C)C)[C@H]2OS(C)(=O)=O)[C@@H](C)[C@H](O[C@H]2C[C@@](C)(OC)[C@@H](OC(C)=O)[C@H](C)O2)[C@@H](C)C(=O)O[C@@H]3I)cc1. The van der Waals surface area contributed by atoms with Crippen molar-refractivity contribution in [2.24, 2.45) is 29.6 Å². The summed E-state index contributed by atoms with van der Waals surface area (Å²) in [7, 11) is 2.68. The molecule has 5 aliphatic rings. The molecule has 2 bridgehead atoms. The largest absolute Gasteiger partial charge is 0.497 e. The normalized spacial score (nSPS) is 42.3. The van der Waals surface area contributed by atoms with Gasteiger partial charge in [0.25, 0.3) is 10.1 Å². The van der Waals surface area contributed by atoms with Crippen molar-refractivity contribution in [3.8, 4) is 5.75 Å². The van der Waals surface area contributed by atoms with Crippen molar-refractivity contribution in [3.05, 3.63) is 29.8 Å². The fourth-order valence-corrected chi connectivity index (χ4v) is 13.9. The molecule has 0 saturated carbocycles. The molecule has 5 fully saturated rings. The van der Waals surface area contributed by atoms with E-state index in [0.717, 1.165) is 11.8 Å². The molecule has 390 valence electrons. The van der Waals surface area contributed by atoms with E-state index in [1.54, 1.807) is 41.7 Å². The van der Waals surface area contributed by atoms with E-state index in [1.807, 2.05) is 86.6 Å². The molecule has 1 aromatic rings. The second-order valence-electron chi connectivity index (χ2n) is 20.4. The number of benzene rings is 1. The Morgan fingerprint density at radius 3 is 2.17 bits per heavy atom. The van der Waals surface area contributed by atoms with Crippen molar-refractivity contribution in [2.75, 3.05) is 41.2 Å². The quantitative estimate of drug-likeness (QED) is 0.0789. The molecule has 69 heavy (non-hydrogen) atoms. The average Bonchev–Trinajstić information content (AvgIpc) is 3.80. The Morgan fingerprint density at radius 2 is 1.58 bits per heavy atom. The Bertz CT molecular complexity index is 2120. The van der Waals surface area contributed by atoms with Crippen molar-refractivity contribution in [3.63, 3.8) is 0 Å². The predicted molar refractivity (Wildman–Crippen MR) is 261 cm³/mol. The van der Waals surface area contributed by atoms with Gasteiger partial charge in [-0.3, -0.25) is 23.4 Å². The molecule has 0 aliphatic carbocycles. The number of ketones is 1. The molecule has 0 radical (unpaired) electrons. The monoisotopic (exact) mass is 1130 g/mol. The zero-order valence-electron chi connectivity index (χ0n) is 42.2. The maximum atomic E-state index is 15.1. The van der Waals surface area contributed by atoms with Crippen LogP contribution in [-0.4, -0.2) is 160 Å². The van der Waals surface area contributed by atoms with Gasteiger partial charge in [-0.15, -0.1) is 11.8 Å². The Labute approximate surface area is 425 Å². The summed E-state index contributed by atoms with van der Waals surface area (Å²) in [5.74, 6) is -4.89. The second kappa shape index (κ2) is 22.1. The third-order valence-electron chi connectivity index (χ3n) is 14.8. The van der Waals surface area contributed by atoms with Gasteiger partial charge in [0.15, 0.2) is 28.4 Å². The highest BCUT2D eigenvalue weighted by molar-refractivity contribution is 14.1. The fraction of sp³-hybridized carbons (Fsp3) is 0.792. The summed E-state index contributed by atoms with van der Waals surface area (Å²) in [5, 5.41) is -0.809. The van der Waals surface area contributed by atoms with Gasteiger partial charge in [-0.25, -0.2) is 0 Å². The minimum Gasteiger partial charge on any atom is -0.497 e. The number of likely N-dealkylation sites (N-methyl/N-ethyl adjacent to an activating group) is 1. The lowest BCUT2D eigenvalue weighted by atomic mass is 9.72. The number of methoxy groups -OCH3 is 2. The predicted octanol–water partition coefficient (Wildman–Crippen LogP) is 5.47. The van der Waals surface area contributed by atoms with Crippen LogP contribution in [0.15, 0.2) is 24.3 Å². The van der Waals surface area contributed by atoms with Crippen molar-refractivity contribution in [1.82, 2.24) is 4.90 Å². The van der Waals surface area contributed by atoms with E-state index in [1.165, 1.54) is 25.8 Å². The summed E-state index contributed by atoms with van der Waals surface area (Å²) in [6.07, 6.45) is -5.93. The number of carbonyl (C=O) groups is 4. The first kappa shape index (κ1) is 56.1. The van der Waals surface area contributed by atoms with Gasteiger partial charge in [-0.05, 0) is 109 Å². The number of halogens is 1. The number of alkyl halides is 1. The van der Waals surface area contributed by atoms with Crippen LogP contribution >= 0.6 is 34.4 Å². The first-order valence-corrected chi connectivity index (χ1v) is 27.6. The van der Waals surface area contributed by atoms with Crippen LogP contribution in [-0.2, 0) is 81.9 Å². The van der Waals surface area contributed by atoms with E-state index in [4.69, 9.17) is 51.6 Å². The van der Waals surface area contributed by atoms with E-state index in [2.05, 4.69) is 0 Å². The zero-order valence-corrected chi connectivity index (χ0v) is 46.0. The van der Waals surface area contributed by atoms with Crippen LogP contribution in [0.5, 0.6) is 5.75 Å². The summed E-state index contributed by atoms with van der Waals surface area (Å²) in [5.41, 5.74) is -2.89. The number of esters is 3.